The molecule has 0 saturated carbocycles. The van der Waals surface area contributed by atoms with Crippen LogP contribution in [0.2, 0.25) is 0 Å². The van der Waals surface area contributed by atoms with Gasteiger partial charge in [-0.15, -0.1) is 0 Å². The van der Waals surface area contributed by atoms with Crippen LogP contribution in [-0.2, 0) is 14.4 Å². The molecule has 0 aliphatic carbocycles. The lowest BCUT2D eigenvalue weighted by molar-refractivity contribution is -0.136. The van der Waals surface area contributed by atoms with Gasteiger partial charge in [-0.3, -0.25) is 14.4 Å². The summed E-state index contributed by atoms with van der Waals surface area (Å²) in [6.45, 7) is 7.15. The fraction of sp³-hybridized carbons (Fsp3) is 0.857. The maximum atomic E-state index is 12.7. The second kappa shape index (κ2) is 12.0. The van der Waals surface area contributed by atoms with Gasteiger partial charge in [0.05, 0.1) is 6.04 Å². The van der Waals surface area contributed by atoms with E-state index in [0.29, 0.717) is 19.4 Å². The number of amides is 3. The number of primary amides is 1. The average Bonchev–Trinajstić information content (AvgIpc) is 3.08. The summed E-state index contributed by atoms with van der Waals surface area (Å²) in [5.74, 6) is -0.201. The molecule has 0 aromatic rings. The first-order chi connectivity index (χ1) is 13.1. The van der Waals surface area contributed by atoms with Gasteiger partial charge < -0.3 is 21.7 Å². The fourth-order valence-corrected chi connectivity index (χ4v) is 3.50. The standard InChI is InChI=1S/C21H40N4O3/c1-21(2,3)19(23)20(28)25-14-10-11-16(25)15-24-18(27)13-9-7-5-4-6-8-12-17(22)26/h16,19H,4-15,23H2,1-3H3,(H2,22,26)(H,24,27)/t16-,19+/m0/s1. The molecule has 1 heterocycles. The Hall–Kier alpha value is -1.63. The van der Waals surface area contributed by atoms with Crippen LogP contribution in [0.3, 0.4) is 0 Å². The van der Waals surface area contributed by atoms with Crippen LogP contribution in [-0.4, -0.2) is 47.8 Å². The van der Waals surface area contributed by atoms with Gasteiger partial charge in [0, 0.05) is 32.0 Å². The molecule has 1 rings (SSSR count). The first-order valence-corrected chi connectivity index (χ1v) is 10.7. The maximum Gasteiger partial charge on any atom is 0.240 e. The molecule has 0 aromatic heterocycles. The Morgan fingerprint density at radius 1 is 1.04 bits per heavy atom. The van der Waals surface area contributed by atoms with Crippen LogP contribution in [0.25, 0.3) is 0 Å². The number of rotatable bonds is 12. The highest BCUT2D eigenvalue weighted by Crippen LogP contribution is 2.24. The van der Waals surface area contributed by atoms with Gasteiger partial charge in [0.15, 0.2) is 0 Å². The zero-order valence-electron chi connectivity index (χ0n) is 18.0. The molecule has 7 heteroatoms. The van der Waals surface area contributed by atoms with E-state index < -0.39 is 6.04 Å². The van der Waals surface area contributed by atoms with Crippen molar-refractivity contribution in [2.45, 2.75) is 97.1 Å². The summed E-state index contributed by atoms with van der Waals surface area (Å²) in [5.41, 5.74) is 11.0. The number of nitrogens with zero attached hydrogens (tertiary/aromatic N) is 1. The van der Waals surface area contributed by atoms with Gasteiger partial charge >= 0.3 is 0 Å². The summed E-state index contributed by atoms with van der Waals surface area (Å²) >= 11 is 0. The first kappa shape index (κ1) is 24.4. The Labute approximate surface area is 170 Å². The van der Waals surface area contributed by atoms with Crippen LogP contribution in [0.15, 0.2) is 0 Å². The predicted octanol–water partition coefficient (Wildman–Crippen LogP) is 2.07. The molecule has 0 radical (unpaired) electrons. The van der Waals surface area contributed by atoms with Crippen molar-refractivity contribution in [3.63, 3.8) is 0 Å². The minimum Gasteiger partial charge on any atom is -0.370 e. The topological polar surface area (TPSA) is 119 Å². The van der Waals surface area contributed by atoms with E-state index in [4.69, 9.17) is 11.5 Å². The summed E-state index contributed by atoms with van der Waals surface area (Å²) in [5, 5.41) is 2.99. The zero-order chi connectivity index (χ0) is 21.2. The lowest BCUT2D eigenvalue weighted by Crippen LogP contribution is -2.53. The fourth-order valence-electron chi connectivity index (χ4n) is 3.50. The second-order valence-corrected chi connectivity index (χ2v) is 9.06. The van der Waals surface area contributed by atoms with E-state index in [0.717, 1.165) is 57.9 Å². The minimum absolute atomic E-state index is 0.0133. The molecule has 1 fully saturated rings. The Morgan fingerprint density at radius 3 is 2.18 bits per heavy atom. The van der Waals surface area contributed by atoms with Crippen LogP contribution in [0.1, 0.15) is 85.0 Å². The first-order valence-electron chi connectivity index (χ1n) is 10.7. The number of nitrogens with two attached hydrogens (primary N) is 2. The number of hydrogen-bond donors (Lipinski definition) is 3. The highest BCUT2D eigenvalue weighted by molar-refractivity contribution is 5.83. The van der Waals surface area contributed by atoms with Gasteiger partial charge in [-0.2, -0.15) is 0 Å². The molecule has 0 spiro atoms. The van der Waals surface area contributed by atoms with E-state index in [1.54, 1.807) is 0 Å². The molecule has 0 aromatic carbocycles. The highest BCUT2D eigenvalue weighted by atomic mass is 16.2. The molecule has 1 aliphatic rings. The van der Waals surface area contributed by atoms with Crippen molar-refractivity contribution in [1.82, 2.24) is 10.2 Å². The third kappa shape index (κ3) is 9.04. The van der Waals surface area contributed by atoms with Crippen LogP contribution in [0, 0.1) is 5.41 Å². The quantitative estimate of drug-likeness (QED) is 0.438. The van der Waals surface area contributed by atoms with Gasteiger partial charge in [0.2, 0.25) is 17.7 Å². The molecule has 0 unspecified atom stereocenters. The Morgan fingerprint density at radius 2 is 1.61 bits per heavy atom. The Kier molecular flexibility index (Phi) is 10.5. The number of hydrogen-bond acceptors (Lipinski definition) is 4. The third-order valence-electron chi connectivity index (χ3n) is 5.47. The van der Waals surface area contributed by atoms with Crippen molar-refractivity contribution in [2.24, 2.45) is 16.9 Å². The molecule has 2 atom stereocenters. The summed E-state index contributed by atoms with van der Waals surface area (Å²) in [6, 6.07) is -0.470. The van der Waals surface area contributed by atoms with Crippen LogP contribution in [0.5, 0.6) is 0 Å². The van der Waals surface area contributed by atoms with Crippen LogP contribution in [0.4, 0.5) is 0 Å². The van der Waals surface area contributed by atoms with Crippen LogP contribution >= 0.6 is 0 Å². The Balaban J connectivity index is 2.20. The number of nitrogens with one attached hydrogen (secondary N) is 1. The van der Waals surface area contributed by atoms with E-state index in [1.807, 2.05) is 25.7 Å². The third-order valence-corrected chi connectivity index (χ3v) is 5.47. The van der Waals surface area contributed by atoms with Crippen LogP contribution < -0.4 is 16.8 Å². The molecule has 28 heavy (non-hydrogen) atoms. The molecule has 0 bridgehead atoms. The predicted molar refractivity (Wildman–Crippen MR) is 111 cm³/mol. The van der Waals surface area contributed by atoms with E-state index in [9.17, 15) is 14.4 Å². The molecule has 162 valence electrons. The van der Waals surface area contributed by atoms with E-state index >= 15 is 0 Å². The second-order valence-electron chi connectivity index (χ2n) is 9.06. The SMILES string of the molecule is CC(C)(C)[C@H](N)C(=O)N1CCC[C@H]1CNC(=O)CCCCCCCCC(N)=O. The van der Waals surface area contributed by atoms with E-state index in [2.05, 4.69) is 5.32 Å². The molecular formula is C21H40N4O3. The van der Waals surface area contributed by atoms with Crippen molar-refractivity contribution in [3.05, 3.63) is 0 Å². The smallest absolute Gasteiger partial charge is 0.240 e. The highest BCUT2D eigenvalue weighted by Gasteiger charge is 2.36. The molecule has 1 aliphatic heterocycles. The van der Waals surface area contributed by atoms with Crippen molar-refractivity contribution in [2.75, 3.05) is 13.1 Å². The van der Waals surface area contributed by atoms with Gasteiger partial charge in [0.1, 0.15) is 0 Å². The molecule has 7 nitrogen and oxygen atoms in total. The molecule has 1 saturated heterocycles. The molecule has 5 N–H and O–H groups in total. The lowest BCUT2D eigenvalue weighted by Gasteiger charge is -2.33. The number of likely N-dealkylation sites (tertiary alicyclic amines) is 1. The monoisotopic (exact) mass is 396 g/mol. The van der Waals surface area contributed by atoms with Gasteiger partial charge in [-0.1, -0.05) is 46.5 Å². The molecule has 3 amide bonds. The van der Waals surface area contributed by atoms with Gasteiger partial charge in [0.25, 0.3) is 0 Å². The van der Waals surface area contributed by atoms with Gasteiger partial charge in [-0.25, -0.2) is 0 Å². The van der Waals surface area contributed by atoms with E-state index in [-0.39, 0.29) is 29.2 Å². The number of carbonyl (C=O) groups excluding carboxylic acids is 3. The van der Waals surface area contributed by atoms with Crippen molar-refractivity contribution >= 4 is 17.7 Å². The molecular weight excluding hydrogens is 356 g/mol. The maximum absolute atomic E-state index is 12.7. The largest absolute Gasteiger partial charge is 0.370 e. The summed E-state index contributed by atoms with van der Waals surface area (Å²) in [7, 11) is 0. The average molecular weight is 397 g/mol. The summed E-state index contributed by atoms with van der Waals surface area (Å²) < 4.78 is 0. The zero-order valence-corrected chi connectivity index (χ0v) is 18.0. The number of unbranched alkanes of at least 4 members (excludes halogenated alkanes) is 5. The number of carbonyl (C=O) groups is 3. The van der Waals surface area contributed by atoms with E-state index in [1.165, 1.54) is 0 Å². The van der Waals surface area contributed by atoms with Crippen molar-refractivity contribution in [3.8, 4) is 0 Å². The lowest BCUT2D eigenvalue weighted by atomic mass is 9.86. The van der Waals surface area contributed by atoms with Crippen molar-refractivity contribution in [1.29, 1.82) is 0 Å². The van der Waals surface area contributed by atoms with Crippen molar-refractivity contribution < 1.29 is 14.4 Å². The summed E-state index contributed by atoms with van der Waals surface area (Å²) in [6.07, 6.45) is 8.73. The summed E-state index contributed by atoms with van der Waals surface area (Å²) in [4.78, 5) is 37.3. The normalized spacial score (nSPS) is 18.1. The Bertz CT molecular complexity index is 516. The minimum atomic E-state index is -0.522. The van der Waals surface area contributed by atoms with Gasteiger partial charge in [-0.05, 0) is 31.1 Å².